The summed E-state index contributed by atoms with van der Waals surface area (Å²) >= 11 is 5.66. The van der Waals surface area contributed by atoms with Gasteiger partial charge in [0.05, 0.1) is 18.2 Å². The summed E-state index contributed by atoms with van der Waals surface area (Å²) in [6, 6.07) is 4.07. The fourth-order valence-electron chi connectivity index (χ4n) is 1.76. The summed E-state index contributed by atoms with van der Waals surface area (Å²) in [7, 11) is 1.56. The maximum Gasteiger partial charge on any atom is 0.169 e. The topological polar surface area (TPSA) is 44.8 Å². The van der Waals surface area contributed by atoms with Crippen molar-refractivity contribution in [1.29, 1.82) is 0 Å². The lowest BCUT2D eigenvalue weighted by Crippen LogP contribution is -2.52. The Hall–Kier alpha value is -1.17. The molecule has 1 aliphatic carbocycles. The first kappa shape index (κ1) is 14.2. The van der Waals surface area contributed by atoms with Crippen LogP contribution in [0.4, 0.5) is 4.39 Å². The second kappa shape index (κ2) is 6.32. The number of hydrogen-bond donors (Lipinski definition) is 0. The number of carbonyl (C=O) groups excluding carboxylic acids is 1. The molecule has 0 heterocycles. The van der Waals surface area contributed by atoms with Crippen LogP contribution in [-0.2, 0) is 14.3 Å². The van der Waals surface area contributed by atoms with Gasteiger partial charge in [-0.3, -0.25) is 4.79 Å². The van der Waals surface area contributed by atoms with Crippen molar-refractivity contribution in [2.24, 2.45) is 0 Å². The van der Waals surface area contributed by atoms with Gasteiger partial charge in [-0.15, -0.1) is 0 Å². The van der Waals surface area contributed by atoms with E-state index in [1.165, 1.54) is 18.2 Å². The van der Waals surface area contributed by atoms with Crippen molar-refractivity contribution in [3.63, 3.8) is 0 Å². The number of Topliss-reactive ketones (excluding diaryl/α,β-unsaturated/α-hetero) is 1. The molecule has 1 fully saturated rings. The summed E-state index contributed by atoms with van der Waals surface area (Å²) in [6.07, 6.45) is -0.656. The van der Waals surface area contributed by atoms with E-state index in [4.69, 9.17) is 25.8 Å². The quantitative estimate of drug-likeness (QED) is 0.753. The first-order valence-corrected chi connectivity index (χ1v) is 6.24. The van der Waals surface area contributed by atoms with Crippen LogP contribution in [0, 0.1) is 5.82 Å². The summed E-state index contributed by atoms with van der Waals surface area (Å²) in [4.78, 5) is 11.4. The molecule has 4 nitrogen and oxygen atoms in total. The molecule has 6 heteroatoms. The Morgan fingerprint density at radius 2 is 2.21 bits per heavy atom. The number of carbonyl (C=O) groups is 1. The van der Waals surface area contributed by atoms with E-state index >= 15 is 0 Å². The highest BCUT2D eigenvalue weighted by atomic mass is 35.5. The van der Waals surface area contributed by atoms with Gasteiger partial charge in [-0.25, -0.2) is 4.39 Å². The molecule has 0 bridgehead atoms. The van der Waals surface area contributed by atoms with Crippen molar-refractivity contribution in [3.05, 3.63) is 29.0 Å². The van der Waals surface area contributed by atoms with Gasteiger partial charge in [-0.2, -0.15) is 0 Å². The maximum absolute atomic E-state index is 13.0. The summed E-state index contributed by atoms with van der Waals surface area (Å²) in [5, 5.41) is -0.0139. The van der Waals surface area contributed by atoms with Gasteiger partial charge >= 0.3 is 0 Å². The van der Waals surface area contributed by atoms with Crippen LogP contribution < -0.4 is 4.74 Å². The highest BCUT2D eigenvalue weighted by Crippen LogP contribution is 2.28. The highest BCUT2D eigenvalue weighted by Gasteiger charge is 2.42. The summed E-state index contributed by atoms with van der Waals surface area (Å²) in [6.45, 7) is 0.746. The molecule has 1 saturated carbocycles. The molecule has 0 aliphatic heterocycles. The Labute approximate surface area is 115 Å². The lowest BCUT2D eigenvalue weighted by molar-refractivity contribution is -0.156. The molecule has 0 N–H and O–H groups in total. The fraction of sp³-hybridized carbons (Fsp3) is 0.462. The SMILES string of the molecule is COCCOC1C(=O)CC1Oc1ccc(F)c(Cl)c1. The zero-order chi connectivity index (χ0) is 13.8. The largest absolute Gasteiger partial charge is 0.487 e. The van der Waals surface area contributed by atoms with Crippen LogP contribution in [0.1, 0.15) is 6.42 Å². The number of halogens is 2. The Morgan fingerprint density at radius 3 is 2.84 bits per heavy atom. The maximum atomic E-state index is 13.0. The zero-order valence-corrected chi connectivity index (χ0v) is 11.2. The molecule has 0 spiro atoms. The Bertz CT molecular complexity index is 466. The summed E-state index contributed by atoms with van der Waals surface area (Å²) in [5.74, 6) is -0.0925. The van der Waals surface area contributed by atoms with Gasteiger partial charge < -0.3 is 14.2 Å². The highest BCUT2D eigenvalue weighted by molar-refractivity contribution is 6.30. The van der Waals surface area contributed by atoms with Gasteiger partial charge in [0.1, 0.15) is 17.7 Å². The number of ether oxygens (including phenoxy) is 3. The molecule has 1 aliphatic rings. The Kier molecular flexibility index (Phi) is 4.74. The number of hydrogen-bond acceptors (Lipinski definition) is 4. The van der Waals surface area contributed by atoms with Crippen LogP contribution in [0.25, 0.3) is 0 Å². The number of methoxy groups -OCH3 is 1. The van der Waals surface area contributed by atoms with Crippen LogP contribution >= 0.6 is 11.6 Å². The van der Waals surface area contributed by atoms with Gasteiger partial charge in [0.15, 0.2) is 11.9 Å². The van der Waals surface area contributed by atoms with Crippen molar-refractivity contribution in [2.75, 3.05) is 20.3 Å². The average Bonchev–Trinajstić information content (AvgIpc) is 2.38. The molecule has 0 radical (unpaired) electrons. The number of ketones is 1. The molecule has 0 saturated heterocycles. The molecule has 2 rings (SSSR count). The van der Waals surface area contributed by atoms with E-state index in [-0.39, 0.29) is 23.3 Å². The second-order valence-electron chi connectivity index (χ2n) is 4.19. The minimum absolute atomic E-state index is 0.00527. The second-order valence-corrected chi connectivity index (χ2v) is 4.59. The monoisotopic (exact) mass is 288 g/mol. The Morgan fingerprint density at radius 1 is 1.42 bits per heavy atom. The van der Waals surface area contributed by atoms with Crippen molar-refractivity contribution >= 4 is 17.4 Å². The van der Waals surface area contributed by atoms with E-state index in [0.29, 0.717) is 19.0 Å². The third-order valence-corrected chi connectivity index (χ3v) is 3.11. The fourth-order valence-corrected chi connectivity index (χ4v) is 1.93. The number of rotatable bonds is 6. The smallest absolute Gasteiger partial charge is 0.169 e. The van der Waals surface area contributed by atoms with Gasteiger partial charge in [-0.1, -0.05) is 11.6 Å². The predicted molar refractivity (Wildman–Crippen MR) is 67.1 cm³/mol. The average molecular weight is 289 g/mol. The van der Waals surface area contributed by atoms with Crippen LogP contribution in [0.3, 0.4) is 0 Å². The predicted octanol–water partition coefficient (Wildman–Crippen LogP) is 2.23. The zero-order valence-electron chi connectivity index (χ0n) is 10.4. The first-order chi connectivity index (χ1) is 9.11. The van der Waals surface area contributed by atoms with Crippen molar-refractivity contribution in [3.8, 4) is 5.75 Å². The van der Waals surface area contributed by atoms with E-state index < -0.39 is 11.9 Å². The summed E-state index contributed by atoms with van der Waals surface area (Å²) < 4.78 is 28.8. The molecule has 2 atom stereocenters. The van der Waals surface area contributed by atoms with E-state index in [0.717, 1.165) is 0 Å². The lowest BCUT2D eigenvalue weighted by atomic mass is 9.90. The molecule has 1 aromatic rings. The molecule has 0 amide bonds. The van der Waals surface area contributed by atoms with Crippen LogP contribution in [-0.4, -0.2) is 38.3 Å². The molecular formula is C13H14ClFO4. The summed E-state index contributed by atoms with van der Waals surface area (Å²) in [5.41, 5.74) is 0. The van der Waals surface area contributed by atoms with Crippen LogP contribution in [0.15, 0.2) is 18.2 Å². The van der Waals surface area contributed by atoms with Crippen LogP contribution in [0.5, 0.6) is 5.75 Å². The van der Waals surface area contributed by atoms with E-state index in [9.17, 15) is 9.18 Å². The normalized spacial score (nSPS) is 22.2. The van der Waals surface area contributed by atoms with Crippen LogP contribution in [0.2, 0.25) is 5.02 Å². The lowest BCUT2D eigenvalue weighted by Gasteiger charge is -2.34. The van der Waals surface area contributed by atoms with Gasteiger partial charge in [-0.05, 0) is 12.1 Å². The molecule has 104 valence electrons. The molecule has 0 aromatic heterocycles. The van der Waals surface area contributed by atoms with Gasteiger partial charge in [0.2, 0.25) is 0 Å². The van der Waals surface area contributed by atoms with E-state index in [1.807, 2.05) is 0 Å². The van der Waals surface area contributed by atoms with Crippen molar-refractivity contribution in [1.82, 2.24) is 0 Å². The van der Waals surface area contributed by atoms with E-state index in [2.05, 4.69) is 0 Å². The molecule has 1 aromatic carbocycles. The third-order valence-electron chi connectivity index (χ3n) is 2.82. The Balaban J connectivity index is 1.91. The van der Waals surface area contributed by atoms with Crippen molar-refractivity contribution < 1.29 is 23.4 Å². The molecule has 19 heavy (non-hydrogen) atoms. The van der Waals surface area contributed by atoms with Gasteiger partial charge in [0.25, 0.3) is 0 Å². The minimum atomic E-state index is -0.584. The van der Waals surface area contributed by atoms with E-state index in [1.54, 1.807) is 7.11 Å². The number of benzene rings is 1. The van der Waals surface area contributed by atoms with Gasteiger partial charge in [0, 0.05) is 19.6 Å². The molecular weight excluding hydrogens is 275 g/mol. The minimum Gasteiger partial charge on any atom is -0.487 e. The first-order valence-electron chi connectivity index (χ1n) is 5.87. The molecule has 2 unspecified atom stereocenters. The standard InChI is InChI=1S/C13H14ClFO4/c1-17-4-5-18-13-11(16)7-12(13)19-8-2-3-10(15)9(14)6-8/h2-3,6,12-13H,4-5,7H2,1H3. The van der Waals surface area contributed by atoms with Crippen molar-refractivity contribution in [2.45, 2.75) is 18.6 Å². The third kappa shape index (κ3) is 3.43.